The van der Waals surface area contributed by atoms with Crippen LogP contribution in [0.15, 0.2) is 60.7 Å². The van der Waals surface area contributed by atoms with E-state index in [4.69, 9.17) is 18.1 Å². The first kappa shape index (κ1) is 51.6. The standard InChI is InChI=1S/C56H84O4P2/c1-49(2,3)35-25-27-45(41(31-35)53(13,14)15)57-61-59-47-39(29-37(51(7,8)9)33-43(47)55(19,20)21)40-30-38(52(10,11)12)34-44(56(22,23)24)48(40)60-62-58-46-28-26-36(50(4,5)6)32-42(46)54(16,17)18/h25-34,61-62H,1-24H3. The quantitative estimate of drug-likeness (QED) is 0.157. The fourth-order valence-electron chi connectivity index (χ4n) is 7.42. The van der Waals surface area contributed by atoms with Gasteiger partial charge in [0.15, 0.2) is 0 Å². The molecule has 4 aromatic rings. The van der Waals surface area contributed by atoms with Crippen LogP contribution in [0.4, 0.5) is 0 Å². The first-order chi connectivity index (χ1) is 27.8. The highest BCUT2D eigenvalue weighted by atomic mass is 31.1. The van der Waals surface area contributed by atoms with E-state index in [0.29, 0.717) is 0 Å². The van der Waals surface area contributed by atoms with Crippen molar-refractivity contribution in [2.45, 2.75) is 209 Å². The minimum atomic E-state index is -0.279. The van der Waals surface area contributed by atoms with E-state index in [9.17, 15) is 0 Å². The molecule has 0 saturated heterocycles. The highest BCUT2D eigenvalue weighted by molar-refractivity contribution is 7.27. The summed E-state index contributed by atoms with van der Waals surface area (Å²) in [4.78, 5) is 0. The van der Waals surface area contributed by atoms with Crippen LogP contribution in [0.25, 0.3) is 11.1 Å². The van der Waals surface area contributed by atoms with E-state index in [0.717, 1.165) is 45.3 Å². The fraction of sp³-hybridized carbons (Fsp3) is 0.571. The highest BCUT2D eigenvalue weighted by Gasteiger charge is 2.33. The minimum Gasteiger partial charge on any atom is -0.440 e. The summed E-state index contributed by atoms with van der Waals surface area (Å²) in [6.07, 6.45) is 0. The lowest BCUT2D eigenvalue weighted by atomic mass is 9.75. The Kier molecular flexibility index (Phi) is 14.7. The SMILES string of the molecule is CC(C)(C)c1ccc(OPOc2c(-c3cc(C(C)(C)C)cc(C(C)(C)C)c3OPOc3ccc(C(C)(C)C)cc3C(C)(C)C)cc(C(C)(C)C)cc2C(C)(C)C)c(C(C)(C)C)c1. The van der Waals surface area contributed by atoms with Crippen LogP contribution in [0.5, 0.6) is 23.0 Å². The van der Waals surface area contributed by atoms with Gasteiger partial charge in [-0.05, 0) is 89.8 Å². The van der Waals surface area contributed by atoms with Gasteiger partial charge in [-0.3, -0.25) is 0 Å². The molecule has 0 saturated carbocycles. The van der Waals surface area contributed by atoms with E-state index in [1.54, 1.807) is 0 Å². The summed E-state index contributed by atoms with van der Waals surface area (Å²) in [7, 11) is -0.557. The molecule has 0 aromatic heterocycles. The largest absolute Gasteiger partial charge is 0.440 e. The van der Waals surface area contributed by atoms with Crippen molar-refractivity contribution in [2.24, 2.45) is 0 Å². The molecule has 0 fully saturated rings. The van der Waals surface area contributed by atoms with Crippen LogP contribution in [-0.2, 0) is 43.3 Å². The molecule has 62 heavy (non-hydrogen) atoms. The molecule has 0 N–H and O–H groups in total. The van der Waals surface area contributed by atoms with E-state index in [1.807, 2.05) is 0 Å². The van der Waals surface area contributed by atoms with Gasteiger partial charge in [0.25, 0.3) is 18.1 Å². The maximum Gasteiger partial charge on any atom is 0.275 e. The van der Waals surface area contributed by atoms with Gasteiger partial charge in [-0.15, -0.1) is 0 Å². The summed E-state index contributed by atoms with van der Waals surface area (Å²) >= 11 is 0. The van der Waals surface area contributed by atoms with Gasteiger partial charge in [0.2, 0.25) is 0 Å². The zero-order valence-corrected chi connectivity index (χ0v) is 45.4. The lowest BCUT2D eigenvalue weighted by Crippen LogP contribution is -2.20. The molecule has 0 aliphatic rings. The molecule has 6 heteroatoms. The Morgan fingerprint density at radius 1 is 0.274 bits per heavy atom. The van der Waals surface area contributed by atoms with Gasteiger partial charge in [0.05, 0.1) is 0 Å². The summed E-state index contributed by atoms with van der Waals surface area (Å²) in [5, 5.41) is 0. The zero-order valence-electron chi connectivity index (χ0n) is 43.4. The monoisotopic (exact) mass is 883 g/mol. The van der Waals surface area contributed by atoms with Gasteiger partial charge in [-0.1, -0.05) is 203 Å². The molecule has 0 heterocycles. The molecule has 4 aromatic carbocycles. The summed E-state index contributed by atoms with van der Waals surface area (Å²) in [5.74, 6) is 3.35. The molecular formula is C56H84O4P2. The second-order valence-corrected chi connectivity index (χ2v) is 26.9. The van der Waals surface area contributed by atoms with E-state index in [-0.39, 0.29) is 61.4 Å². The van der Waals surface area contributed by atoms with Gasteiger partial charge in [0, 0.05) is 33.4 Å². The van der Waals surface area contributed by atoms with Crippen LogP contribution in [-0.4, -0.2) is 0 Å². The van der Waals surface area contributed by atoms with Gasteiger partial charge in [0.1, 0.15) is 23.0 Å². The van der Waals surface area contributed by atoms with Crippen LogP contribution < -0.4 is 18.1 Å². The summed E-state index contributed by atoms with van der Waals surface area (Å²) in [6, 6.07) is 22.6. The van der Waals surface area contributed by atoms with Crippen LogP contribution in [0.1, 0.15) is 211 Å². The highest BCUT2D eigenvalue weighted by Crippen LogP contribution is 2.52. The molecule has 4 nitrogen and oxygen atoms in total. The summed E-state index contributed by atoms with van der Waals surface area (Å²) in [5.41, 5.74) is 10.7. The van der Waals surface area contributed by atoms with Gasteiger partial charge in [-0.2, -0.15) is 0 Å². The Morgan fingerprint density at radius 2 is 0.532 bits per heavy atom. The Hall–Kier alpha value is -3.06. The van der Waals surface area contributed by atoms with Crippen LogP contribution in [0.2, 0.25) is 0 Å². The van der Waals surface area contributed by atoms with Crippen molar-refractivity contribution in [3.05, 3.63) is 105 Å². The van der Waals surface area contributed by atoms with E-state index >= 15 is 0 Å². The van der Waals surface area contributed by atoms with Crippen molar-refractivity contribution in [1.29, 1.82) is 0 Å². The maximum absolute atomic E-state index is 7.08. The average Bonchev–Trinajstić information content (AvgIpc) is 3.08. The van der Waals surface area contributed by atoms with Crippen molar-refractivity contribution < 1.29 is 18.1 Å². The zero-order chi connectivity index (χ0) is 47.4. The topological polar surface area (TPSA) is 36.9 Å². The van der Waals surface area contributed by atoms with Crippen molar-refractivity contribution in [1.82, 2.24) is 0 Å². The summed E-state index contributed by atoms with van der Waals surface area (Å²) in [6.45, 7) is 54.4. The minimum absolute atomic E-state index is 0.0211. The molecule has 0 aliphatic carbocycles. The van der Waals surface area contributed by atoms with E-state index < -0.39 is 0 Å². The molecule has 0 spiro atoms. The Bertz CT molecular complexity index is 2050. The van der Waals surface area contributed by atoms with E-state index in [1.165, 1.54) is 33.4 Å². The van der Waals surface area contributed by atoms with E-state index in [2.05, 4.69) is 227 Å². The molecule has 0 bridgehead atoms. The molecular weight excluding hydrogens is 799 g/mol. The third kappa shape index (κ3) is 12.6. The number of hydrogen-bond donors (Lipinski definition) is 0. The normalized spacial score (nSPS) is 14.0. The fourth-order valence-corrected chi connectivity index (χ4v) is 8.64. The molecule has 2 unspecified atom stereocenters. The second-order valence-electron chi connectivity index (χ2n) is 25.8. The Balaban J connectivity index is 2.00. The summed E-state index contributed by atoms with van der Waals surface area (Å²) < 4.78 is 27.6. The van der Waals surface area contributed by atoms with Crippen LogP contribution in [0, 0.1) is 0 Å². The van der Waals surface area contributed by atoms with Gasteiger partial charge in [-0.25, -0.2) is 0 Å². The molecule has 0 radical (unpaired) electrons. The van der Waals surface area contributed by atoms with Crippen molar-refractivity contribution in [2.75, 3.05) is 0 Å². The Labute approximate surface area is 383 Å². The van der Waals surface area contributed by atoms with Crippen LogP contribution >= 0.6 is 18.1 Å². The number of benzene rings is 4. The Morgan fingerprint density at radius 3 is 0.774 bits per heavy atom. The maximum atomic E-state index is 7.08. The van der Waals surface area contributed by atoms with Crippen molar-refractivity contribution >= 4 is 18.1 Å². The van der Waals surface area contributed by atoms with Gasteiger partial charge < -0.3 is 18.1 Å². The predicted molar refractivity (Wildman–Crippen MR) is 274 cm³/mol. The average molecular weight is 883 g/mol. The smallest absolute Gasteiger partial charge is 0.275 e. The van der Waals surface area contributed by atoms with Gasteiger partial charge >= 0.3 is 0 Å². The first-order valence-electron chi connectivity index (χ1n) is 22.7. The van der Waals surface area contributed by atoms with Crippen molar-refractivity contribution in [3.63, 3.8) is 0 Å². The number of rotatable bonds is 9. The lowest BCUT2D eigenvalue weighted by molar-refractivity contribution is 0.472. The lowest BCUT2D eigenvalue weighted by Gasteiger charge is -2.32. The third-order valence-electron chi connectivity index (χ3n) is 11.7. The second kappa shape index (κ2) is 17.7. The predicted octanol–water partition coefficient (Wildman–Crippen LogP) is 17.7. The molecule has 0 amide bonds. The molecule has 2 atom stereocenters. The molecule has 4 rings (SSSR count). The first-order valence-corrected chi connectivity index (χ1v) is 24.3. The molecule has 342 valence electrons. The molecule has 0 aliphatic heterocycles. The third-order valence-corrected chi connectivity index (χ3v) is 12.9. The van der Waals surface area contributed by atoms with Crippen LogP contribution in [0.3, 0.4) is 0 Å². The number of hydrogen-bond acceptors (Lipinski definition) is 4. The van der Waals surface area contributed by atoms with Crippen molar-refractivity contribution in [3.8, 4) is 34.1 Å².